The number of carbonyl (C=O) groups excluding carboxylic acids is 2. The summed E-state index contributed by atoms with van der Waals surface area (Å²) in [5.74, 6) is -0.192. The van der Waals surface area contributed by atoms with Crippen LogP contribution in [0.15, 0.2) is 89.8 Å². The minimum Gasteiger partial charge on any atom is -0.423 e. The van der Waals surface area contributed by atoms with Crippen LogP contribution in [0, 0.1) is 0 Å². The van der Waals surface area contributed by atoms with E-state index in [0.29, 0.717) is 20.5 Å². The van der Waals surface area contributed by atoms with E-state index in [1.807, 2.05) is 42.5 Å². The standard InChI is InChI=1S/C23H15NO3S2/c25-21-20(29-23(28)24(21)18-11-5-2-6-12-18)15-16-8-7-13-19(14-16)27-22(26)17-9-3-1-4-10-17/h1-15H/b20-15+. The highest BCUT2D eigenvalue weighted by Gasteiger charge is 2.33. The Kier molecular flexibility index (Phi) is 5.55. The molecule has 0 spiro atoms. The van der Waals surface area contributed by atoms with E-state index >= 15 is 0 Å². The zero-order valence-electron chi connectivity index (χ0n) is 15.1. The smallest absolute Gasteiger partial charge is 0.343 e. The molecule has 6 heteroatoms. The minimum atomic E-state index is -0.432. The van der Waals surface area contributed by atoms with E-state index < -0.39 is 5.97 Å². The second-order valence-corrected chi connectivity index (χ2v) is 7.86. The predicted octanol–water partition coefficient (Wildman–Crippen LogP) is 5.31. The molecule has 4 rings (SSSR count). The Hall–Kier alpha value is -3.22. The second kappa shape index (κ2) is 8.43. The lowest BCUT2D eigenvalue weighted by atomic mass is 10.2. The molecule has 1 saturated heterocycles. The molecule has 4 nitrogen and oxygen atoms in total. The zero-order valence-corrected chi connectivity index (χ0v) is 16.8. The summed E-state index contributed by atoms with van der Waals surface area (Å²) in [6, 6.07) is 25.1. The predicted molar refractivity (Wildman–Crippen MR) is 120 cm³/mol. The number of para-hydroxylation sites is 1. The first-order chi connectivity index (χ1) is 14.1. The third-order valence-corrected chi connectivity index (χ3v) is 5.49. The van der Waals surface area contributed by atoms with Crippen LogP contribution >= 0.6 is 24.0 Å². The molecule has 0 radical (unpaired) electrons. The Labute approximate surface area is 177 Å². The highest BCUT2D eigenvalue weighted by atomic mass is 32.2. The lowest BCUT2D eigenvalue weighted by molar-refractivity contribution is -0.113. The van der Waals surface area contributed by atoms with Crippen LogP contribution in [-0.4, -0.2) is 16.2 Å². The van der Waals surface area contributed by atoms with Gasteiger partial charge in [0.1, 0.15) is 5.75 Å². The van der Waals surface area contributed by atoms with Gasteiger partial charge in [0.2, 0.25) is 0 Å². The van der Waals surface area contributed by atoms with Gasteiger partial charge in [-0.1, -0.05) is 72.5 Å². The third-order valence-electron chi connectivity index (χ3n) is 4.18. The summed E-state index contributed by atoms with van der Waals surface area (Å²) in [5.41, 5.74) is 1.96. The Balaban J connectivity index is 1.54. The second-order valence-electron chi connectivity index (χ2n) is 6.18. The molecule has 1 heterocycles. The van der Waals surface area contributed by atoms with Crippen molar-refractivity contribution in [2.45, 2.75) is 0 Å². The molecule has 1 fully saturated rings. The van der Waals surface area contributed by atoms with Gasteiger partial charge >= 0.3 is 5.97 Å². The summed E-state index contributed by atoms with van der Waals surface area (Å²) in [5, 5.41) is 0. The van der Waals surface area contributed by atoms with Crippen LogP contribution in [0.3, 0.4) is 0 Å². The van der Waals surface area contributed by atoms with Crippen molar-refractivity contribution in [1.29, 1.82) is 0 Å². The number of thioether (sulfide) groups is 1. The van der Waals surface area contributed by atoms with Crippen molar-refractivity contribution in [3.05, 3.63) is 101 Å². The van der Waals surface area contributed by atoms with Gasteiger partial charge in [-0.3, -0.25) is 9.69 Å². The van der Waals surface area contributed by atoms with Gasteiger partial charge in [-0.15, -0.1) is 0 Å². The number of hydrogen-bond donors (Lipinski definition) is 0. The Morgan fingerprint density at radius 2 is 1.62 bits per heavy atom. The lowest BCUT2D eigenvalue weighted by Crippen LogP contribution is -2.27. The lowest BCUT2D eigenvalue weighted by Gasteiger charge is -2.13. The largest absolute Gasteiger partial charge is 0.423 e. The normalized spacial score (nSPS) is 15.0. The molecule has 3 aromatic rings. The molecule has 0 aliphatic carbocycles. The SMILES string of the molecule is O=C(Oc1cccc(/C=C2/SC(=S)N(c3ccccc3)C2=O)c1)c1ccccc1. The van der Waals surface area contributed by atoms with Crippen LogP contribution in [0.25, 0.3) is 6.08 Å². The Morgan fingerprint density at radius 1 is 0.931 bits per heavy atom. The van der Waals surface area contributed by atoms with Crippen LogP contribution < -0.4 is 9.64 Å². The van der Waals surface area contributed by atoms with Gasteiger partial charge in [-0.25, -0.2) is 4.79 Å². The van der Waals surface area contributed by atoms with Crippen LogP contribution in [0.5, 0.6) is 5.75 Å². The number of benzene rings is 3. The number of carbonyl (C=O) groups is 2. The fourth-order valence-electron chi connectivity index (χ4n) is 2.83. The fourth-order valence-corrected chi connectivity index (χ4v) is 4.13. The number of anilines is 1. The summed E-state index contributed by atoms with van der Waals surface area (Å²) in [4.78, 5) is 27.1. The van der Waals surface area contributed by atoms with E-state index in [2.05, 4.69) is 0 Å². The van der Waals surface area contributed by atoms with Gasteiger partial charge in [-0.05, 0) is 48.0 Å². The molecule has 29 heavy (non-hydrogen) atoms. The van der Waals surface area contributed by atoms with E-state index in [1.165, 1.54) is 16.7 Å². The number of ether oxygens (including phenoxy) is 1. The van der Waals surface area contributed by atoms with Gasteiger partial charge < -0.3 is 4.74 Å². The highest BCUT2D eigenvalue weighted by molar-refractivity contribution is 8.27. The number of esters is 1. The molecule has 3 aromatic carbocycles. The fraction of sp³-hybridized carbons (Fsp3) is 0. The maximum absolute atomic E-state index is 12.8. The first kappa shape index (κ1) is 19.1. The van der Waals surface area contributed by atoms with Crippen molar-refractivity contribution in [3.63, 3.8) is 0 Å². The van der Waals surface area contributed by atoms with Crippen LogP contribution in [0.2, 0.25) is 0 Å². The molecule has 0 atom stereocenters. The van der Waals surface area contributed by atoms with Crippen LogP contribution in [0.1, 0.15) is 15.9 Å². The number of thiocarbonyl (C=S) groups is 1. The number of nitrogens with zero attached hydrogens (tertiary/aromatic N) is 1. The van der Waals surface area contributed by atoms with Gasteiger partial charge in [0.25, 0.3) is 5.91 Å². The van der Waals surface area contributed by atoms with E-state index in [4.69, 9.17) is 17.0 Å². The van der Waals surface area contributed by atoms with Crippen LogP contribution in [0.4, 0.5) is 5.69 Å². The molecular weight excluding hydrogens is 402 g/mol. The van der Waals surface area contributed by atoms with Crippen LogP contribution in [-0.2, 0) is 4.79 Å². The molecule has 0 saturated carbocycles. The van der Waals surface area contributed by atoms with E-state index in [0.717, 1.165) is 11.3 Å². The number of amides is 1. The summed E-state index contributed by atoms with van der Waals surface area (Å²) in [6.07, 6.45) is 1.75. The van der Waals surface area contributed by atoms with Crippen molar-refractivity contribution in [3.8, 4) is 5.75 Å². The molecule has 0 N–H and O–H groups in total. The zero-order chi connectivity index (χ0) is 20.2. The first-order valence-electron chi connectivity index (χ1n) is 8.82. The average Bonchev–Trinajstić information content (AvgIpc) is 3.02. The summed E-state index contributed by atoms with van der Waals surface area (Å²) >= 11 is 6.64. The summed E-state index contributed by atoms with van der Waals surface area (Å²) in [7, 11) is 0. The molecule has 142 valence electrons. The number of hydrogen-bond acceptors (Lipinski definition) is 5. The topological polar surface area (TPSA) is 46.6 Å². The van der Waals surface area contributed by atoms with Gasteiger partial charge in [-0.2, -0.15) is 0 Å². The third kappa shape index (κ3) is 4.29. The molecule has 0 aromatic heterocycles. The van der Waals surface area contributed by atoms with Crippen molar-refractivity contribution in [2.75, 3.05) is 4.90 Å². The highest BCUT2D eigenvalue weighted by Crippen LogP contribution is 2.36. The van der Waals surface area contributed by atoms with E-state index in [1.54, 1.807) is 48.5 Å². The maximum atomic E-state index is 12.8. The van der Waals surface area contributed by atoms with Crippen molar-refractivity contribution in [2.24, 2.45) is 0 Å². The quantitative estimate of drug-likeness (QED) is 0.249. The molecule has 1 aliphatic rings. The van der Waals surface area contributed by atoms with Crippen molar-refractivity contribution < 1.29 is 14.3 Å². The van der Waals surface area contributed by atoms with E-state index in [9.17, 15) is 9.59 Å². The monoisotopic (exact) mass is 417 g/mol. The molecule has 0 bridgehead atoms. The molecule has 1 aliphatic heterocycles. The van der Waals surface area contributed by atoms with Crippen molar-refractivity contribution >= 4 is 51.9 Å². The summed E-state index contributed by atoms with van der Waals surface area (Å²) < 4.78 is 5.93. The molecule has 1 amide bonds. The first-order valence-corrected chi connectivity index (χ1v) is 10.0. The Bertz CT molecular complexity index is 1110. The number of rotatable bonds is 4. The van der Waals surface area contributed by atoms with Crippen molar-refractivity contribution in [1.82, 2.24) is 0 Å². The average molecular weight is 418 g/mol. The van der Waals surface area contributed by atoms with Gasteiger partial charge in [0.05, 0.1) is 16.2 Å². The van der Waals surface area contributed by atoms with E-state index in [-0.39, 0.29) is 5.91 Å². The van der Waals surface area contributed by atoms with Gasteiger partial charge in [0, 0.05) is 0 Å². The maximum Gasteiger partial charge on any atom is 0.343 e. The van der Waals surface area contributed by atoms with Gasteiger partial charge in [0.15, 0.2) is 4.32 Å². The Morgan fingerprint density at radius 3 is 2.34 bits per heavy atom. The molecule has 0 unspecified atom stereocenters. The minimum absolute atomic E-state index is 0.169. The summed E-state index contributed by atoms with van der Waals surface area (Å²) in [6.45, 7) is 0. The molecular formula is C23H15NO3S2.